The van der Waals surface area contributed by atoms with E-state index in [2.05, 4.69) is 55.4 Å². The first kappa shape index (κ1) is 93.1. The summed E-state index contributed by atoms with van der Waals surface area (Å²) in [4.78, 5) is 72.8. The van der Waals surface area contributed by atoms with Gasteiger partial charge in [-0.3, -0.25) is 37.3 Å². The predicted molar refractivity (Wildman–Crippen MR) is 386 cm³/mol. The largest absolute Gasteiger partial charge is 0.472 e. The summed E-state index contributed by atoms with van der Waals surface area (Å²) in [5.41, 5.74) is 0. The summed E-state index contributed by atoms with van der Waals surface area (Å²) >= 11 is 0. The number of ether oxygens (including phenoxy) is 4. The molecule has 3 N–H and O–H groups in total. The zero-order valence-corrected chi connectivity index (χ0v) is 64.1. The Bertz CT molecular complexity index is 1870. The fourth-order valence-electron chi connectivity index (χ4n) is 11.5. The molecular weight excluding hydrogens is 1250 g/mol. The maximum atomic E-state index is 13.1. The zero-order valence-electron chi connectivity index (χ0n) is 62.3. The van der Waals surface area contributed by atoms with Crippen molar-refractivity contribution in [2.45, 2.75) is 401 Å². The molecule has 0 rings (SSSR count). The summed E-state index contributed by atoms with van der Waals surface area (Å²) in [7, 11) is -9.91. The van der Waals surface area contributed by atoms with Crippen LogP contribution in [0.1, 0.15) is 383 Å². The SMILES string of the molecule is CCC(C)CCCCCCCCCCCCCCCCC(=O)O[C@H](COC(=O)CCCCCCCCCCCCC(C)CC)COP(=O)(O)OCC(O)COP(=O)(O)OC[C@@H](COC(=O)CCCCCCCCCC(C)C)OC(=O)CCCCCCCCCCCCC(C)C. The highest BCUT2D eigenvalue weighted by molar-refractivity contribution is 7.47. The molecule has 564 valence electrons. The maximum Gasteiger partial charge on any atom is 0.472 e. The van der Waals surface area contributed by atoms with Gasteiger partial charge >= 0.3 is 39.5 Å². The number of phosphoric acid groups is 2. The molecule has 7 atom stereocenters. The average molecular weight is 1400 g/mol. The smallest absolute Gasteiger partial charge is 0.462 e. The highest BCUT2D eigenvalue weighted by Gasteiger charge is 2.30. The van der Waals surface area contributed by atoms with Gasteiger partial charge in [-0.25, -0.2) is 9.13 Å². The minimum Gasteiger partial charge on any atom is -0.462 e. The van der Waals surface area contributed by atoms with Crippen LogP contribution in [0, 0.1) is 23.7 Å². The molecule has 0 heterocycles. The normalized spacial score (nSPS) is 14.7. The van der Waals surface area contributed by atoms with Crippen LogP contribution >= 0.6 is 15.6 Å². The molecule has 95 heavy (non-hydrogen) atoms. The van der Waals surface area contributed by atoms with Crippen molar-refractivity contribution in [1.82, 2.24) is 0 Å². The summed E-state index contributed by atoms with van der Waals surface area (Å²) in [6.45, 7) is 14.2. The van der Waals surface area contributed by atoms with E-state index in [9.17, 15) is 43.2 Å². The summed E-state index contributed by atoms with van der Waals surface area (Å²) < 4.78 is 68.5. The van der Waals surface area contributed by atoms with Crippen LogP contribution in [0.5, 0.6) is 0 Å². The van der Waals surface area contributed by atoms with Crippen LogP contribution in [0.3, 0.4) is 0 Å². The Morgan fingerprint density at radius 1 is 0.295 bits per heavy atom. The summed E-state index contributed by atoms with van der Waals surface area (Å²) in [6, 6.07) is 0. The molecule has 0 radical (unpaired) electrons. The van der Waals surface area contributed by atoms with Gasteiger partial charge in [-0.15, -0.1) is 0 Å². The Morgan fingerprint density at radius 3 is 0.747 bits per heavy atom. The topological polar surface area (TPSA) is 237 Å². The fraction of sp³-hybridized carbons (Fsp3) is 0.947. The molecule has 0 aromatic carbocycles. The van der Waals surface area contributed by atoms with Crippen molar-refractivity contribution in [3.8, 4) is 0 Å². The lowest BCUT2D eigenvalue weighted by Crippen LogP contribution is -2.30. The molecule has 19 heteroatoms. The third-order valence-corrected chi connectivity index (χ3v) is 20.2. The lowest BCUT2D eigenvalue weighted by molar-refractivity contribution is -0.161. The number of hydrogen-bond acceptors (Lipinski definition) is 15. The van der Waals surface area contributed by atoms with Crippen LogP contribution < -0.4 is 0 Å². The molecule has 0 amide bonds. The molecule has 0 aromatic rings. The van der Waals surface area contributed by atoms with E-state index in [1.165, 1.54) is 180 Å². The highest BCUT2D eigenvalue weighted by atomic mass is 31.2. The quantitative estimate of drug-likeness (QED) is 0.0222. The van der Waals surface area contributed by atoms with Crippen LogP contribution in [0.15, 0.2) is 0 Å². The highest BCUT2D eigenvalue weighted by Crippen LogP contribution is 2.45. The van der Waals surface area contributed by atoms with E-state index >= 15 is 0 Å². The van der Waals surface area contributed by atoms with Gasteiger partial charge in [-0.2, -0.15) is 0 Å². The second-order valence-corrected chi connectivity index (χ2v) is 31.7. The molecule has 0 aromatic heterocycles. The summed E-state index contributed by atoms with van der Waals surface area (Å²) in [6.07, 6.45) is 49.9. The van der Waals surface area contributed by atoms with Crippen molar-refractivity contribution in [3.05, 3.63) is 0 Å². The maximum absolute atomic E-state index is 13.1. The minimum absolute atomic E-state index is 0.105. The lowest BCUT2D eigenvalue weighted by atomic mass is 9.99. The Labute approximate surface area is 581 Å². The fourth-order valence-corrected chi connectivity index (χ4v) is 13.1. The number of unbranched alkanes of at least 4 members (excludes halogenated alkanes) is 37. The third kappa shape index (κ3) is 67.6. The lowest BCUT2D eigenvalue weighted by Gasteiger charge is -2.21. The van der Waals surface area contributed by atoms with Gasteiger partial charge in [-0.05, 0) is 49.4 Å². The third-order valence-electron chi connectivity index (χ3n) is 18.3. The molecular formula is C76H148O17P2. The zero-order chi connectivity index (χ0) is 70.3. The second kappa shape index (κ2) is 65.4. The minimum atomic E-state index is -4.96. The van der Waals surface area contributed by atoms with Crippen molar-refractivity contribution in [2.75, 3.05) is 39.6 Å². The first-order valence-electron chi connectivity index (χ1n) is 39.3. The van der Waals surface area contributed by atoms with Crippen LogP contribution in [-0.2, 0) is 65.4 Å². The van der Waals surface area contributed by atoms with E-state index < -0.39 is 97.5 Å². The van der Waals surface area contributed by atoms with Crippen molar-refractivity contribution in [1.29, 1.82) is 0 Å². The molecule has 0 aliphatic carbocycles. The molecule has 17 nitrogen and oxygen atoms in total. The molecule has 0 saturated heterocycles. The number of aliphatic hydroxyl groups is 1. The molecule has 0 bridgehead atoms. The first-order chi connectivity index (χ1) is 45.7. The first-order valence-corrected chi connectivity index (χ1v) is 42.3. The van der Waals surface area contributed by atoms with Gasteiger partial charge in [0.05, 0.1) is 26.4 Å². The van der Waals surface area contributed by atoms with Crippen LogP contribution in [-0.4, -0.2) is 96.7 Å². The van der Waals surface area contributed by atoms with E-state index in [1.54, 1.807) is 0 Å². The molecule has 0 aliphatic heterocycles. The van der Waals surface area contributed by atoms with Gasteiger partial charge in [0.25, 0.3) is 0 Å². The van der Waals surface area contributed by atoms with Crippen LogP contribution in [0.2, 0.25) is 0 Å². The number of carbonyl (C=O) groups excluding carboxylic acids is 4. The Kier molecular flexibility index (Phi) is 64.0. The van der Waals surface area contributed by atoms with Gasteiger partial charge < -0.3 is 33.8 Å². The second-order valence-electron chi connectivity index (χ2n) is 28.8. The standard InChI is InChI=1S/C76H148O17P2/c1-9-68(7)54-46-38-30-22-15-13-11-12-14-16-25-33-42-50-58-75(80)92-71(62-86-73(78)56-48-40-32-24-20-18-23-31-39-47-55-69(8)10-2)64-90-94(82,83)88-60-70(77)61-89-95(84,85)91-65-72(63-87-74(79)57-49-41-35-27-29-37-45-53-67(5)6)93-76(81)59-51-43-34-26-19-17-21-28-36-44-52-66(3)4/h66-72,77H,9-65H2,1-8H3,(H,82,83)(H,84,85)/t68?,69?,70?,71-,72-/m1/s1. The number of hydrogen-bond donors (Lipinski definition) is 3. The van der Waals surface area contributed by atoms with E-state index in [1.807, 2.05) is 0 Å². The van der Waals surface area contributed by atoms with E-state index in [4.69, 9.17) is 37.0 Å². The van der Waals surface area contributed by atoms with Crippen molar-refractivity contribution in [3.63, 3.8) is 0 Å². The number of esters is 4. The van der Waals surface area contributed by atoms with E-state index in [0.29, 0.717) is 31.6 Å². The summed E-state index contributed by atoms with van der Waals surface area (Å²) in [5.74, 6) is 0.991. The van der Waals surface area contributed by atoms with E-state index in [0.717, 1.165) is 114 Å². The average Bonchev–Trinajstić information content (AvgIpc) is 1.30. The Morgan fingerprint density at radius 2 is 0.505 bits per heavy atom. The molecule has 5 unspecified atom stereocenters. The molecule has 0 fully saturated rings. The Balaban J connectivity index is 5.26. The van der Waals surface area contributed by atoms with Crippen molar-refractivity contribution in [2.24, 2.45) is 23.7 Å². The predicted octanol–water partition coefficient (Wildman–Crippen LogP) is 22.0. The van der Waals surface area contributed by atoms with Crippen molar-refractivity contribution >= 4 is 39.5 Å². The van der Waals surface area contributed by atoms with Crippen molar-refractivity contribution < 1.29 is 80.2 Å². The Hall–Kier alpha value is -1.94. The van der Waals surface area contributed by atoms with Crippen LogP contribution in [0.4, 0.5) is 0 Å². The van der Waals surface area contributed by atoms with Gasteiger partial charge in [0.1, 0.15) is 19.3 Å². The number of phosphoric ester groups is 2. The van der Waals surface area contributed by atoms with E-state index in [-0.39, 0.29) is 25.7 Å². The van der Waals surface area contributed by atoms with Gasteiger partial charge in [0.2, 0.25) is 0 Å². The molecule has 0 spiro atoms. The van der Waals surface area contributed by atoms with Crippen LogP contribution in [0.25, 0.3) is 0 Å². The number of rotatable bonds is 73. The molecule has 0 aliphatic rings. The van der Waals surface area contributed by atoms with Gasteiger partial charge in [-0.1, -0.05) is 331 Å². The van der Waals surface area contributed by atoms with Gasteiger partial charge in [0.15, 0.2) is 12.2 Å². The number of carbonyl (C=O) groups is 4. The summed E-state index contributed by atoms with van der Waals surface area (Å²) in [5, 5.41) is 10.6. The monoisotopic (exact) mass is 1400 g/mol. The number of aliphatic hydroxyl groups excluding tert-OH is 1. The van der Waals surface area contributed by atoms with Gasteiger partial charge in [0, 0.05) is 25.7 Å². The molecule has 0 saturated carbocycles.